The third-order valence-corrected chi connectivity index (χ3v) is 5.69. The van der Waals surface area contributed by atoms with Crippen LogP contribution >= 0.6 is 0 Å². The SMILES string of the molecule is CNC(=O)c1cc(S(=O)(=O)NC)ccc1N[C@H](C)C1CCC1. The van der Waals surface area contributed by atoms with Crippen LogP contribution in [0, 0.1) is 5.92 Å². The summed E-state index contributed by atoms with van der Waals surface area (Å²) in [6, 6.07) is 4.82. The van der Waals surface area contributed by atoms with E-state index in [2.05, 4.69) is 22.3 Å². The number of benzene rings is 1. The molecule has 0 saturated heterocycles. The molecular formula is C15H23N3O3S. The van der Waals surface area contributed by atoms with E-state index in [4.69, 9.17) is 0 Å². The first kappa shape index (κ1) is 16.8. The van der Waals surface area contributed by atoms with Crippen molar-refractivity contribution in [3.63, 3.8) is 0 Å². The van der Waals surface area contributed by atoms with Crippen LogP contribution in [0.5, 0.6) is 0 Å². The Kier molecular flexibility index (Phi) is 5.08. The van der Waals surface area contributed by atoms with Gasteiger partial charge in [-0.2, -0.15) is 0 Å². The highest BCUT2D eigenvalue weighted by atomic mass is 32.2. The number of amides is 1. The van der Waals surface area contributed by atoms with Gasteiger partial charge in [-0.3, -0.25) is 4.79 Å². The second-order valence-electron chi connectivity index (χ2n) is 5.62. The lowest BCUT2D eigenvalue weighted by atomic mass is 9.80. The summed E-state index contributed by atoms with van der Waals surface area (Å²) in [6.45, 7) is 2.09. The number of anilines is 1. The van der Waals surface area contributed by atoms with Crippen molar-refractivity contribution in [3.05, 3.63) is 23.8 Å². The van der Waals surface area contributed by atoms with E-state index in [1.165, 1.54) is 45.5 Å². The predicted molar refractivity (Wildman–Crippen MR) is 86.5 cm³/mol. The summed E-state index contributed by atoms with van der Waals surface area (Å²) in [6.07, 6.45) is 3.63. The standard InChI is InChI=1S/C15H23N3O3S/c1-10(11-5-4-6-11)18-14-8-7-12(22(20,21)17-3)9-13(14)15(19)16-2/h7-11,17-18H,4-6H2,1-3H3,(H,16,19)/t10-/m1/s1. The largest absolute Gasteiger partial charge is 0.382 e. The number of hydrogen-bond donors (Lipinski definition) is 3. The summed E-state index contributed by atoms with van der Waals surface area (Å²) >= 11 is 0. The zero-order valence-corrected chi connectivity index (χ0v) is 14.0. The molecule has 1 amide bonds. The minimum absolute atomic E-state index is 0.0791. The molecular weight excluding hydrogens is 302 g/mol. The molecule has 0 spiro atoms. The van der Waals surface area contributed by atoms with E-state index in [0.29, 0.717) is 17.2 Å². The molecule has 1 saturated carbocycles. The van der Waals surface area contributed by atoms with E-state index in [9.17, 15) is 13.2 Å². The maximum absolute atomic E-state index is 12.1. The average molecular weight is 325 g/mol. The highest BCUT2D eigenvalue weighted by molar-refractivity contribution is 7.89. The van der Waals surface area contributed by atoms with Crippen molar-refractivity contribution in [1.82, 2.24) is 10.0 Å². The van der Waals surface area contributed by atoms with E-state index in [0.717, 1.165) is 0 Å². The maximum atomic E-state index is 12.1. The second kappa shape index (κ2) is 6.66. The summed E-state index contributed by atoms with van der Waals surface area (Å²) < 4.78 is 26.1. The van der Waals surface area contributed by atoms with Crippen LogP contribution in [0.1, 0.15) is 36.5 Å². The lowest BCUT2D eigenvalue weighted by molar-refractivity contribution is 0.0963. The van der Waals surface area contributed by atoms with Crippen LogP contribution in [-0.4, -0.2) is 34.5 Å². The van der Waals surface area contributed by atoms with Gasteiger partial charge in [0.2, 0.25) is 10.0 Å². The van der Waals surface area contributed by atoms with E-state index in [1.807, 2.05) is 0 Å². The Bertz CT molecular complexity index is 654. The highest BCUT2D eigenvalue weighted by Crippen LogP contribution is 2.32. The van der Waals surface area contributed by atoms with Crippen LogP contribution in [-0.2, 0) is 10.0 Å². The number of carbonyl (C=O) groups excluding carboxylic acids is 1. The Hall–Kier alpha value is -1.60. The van der Waals surface area contributed by atoms with Gasteiger partial charge in [-0.15, -0.1) is 0 Å². The van der Waals surface area contributed by atoms with Crippen molar-refractivity contribution in [1.29, 1.82) is 0 Å². The normalized spacial score (nSPS) is 16.7. The highest BCUT2D eigenvalue weighted by Gasteiger charge is 2.25. The Morgan fingerprint density at radius 2 is 1.95 bits per heavy atom. The molecule has 0 bridgehead atoms. The van der Waals surface area contributed by atoms with Gasteiger partial charge in [0.15, 0.2) is 0 Å². The molecule has 1 aliphatic carbocycles. The minimum atomic E-state index is -3.58. The average Bonchev–Trinajstić information content (AvgIpc) is 2.44. The van der Waals surface area contributed by atoms with Gasteiger partial charge in [0.05, 0.1) is 10.5 Å². The summed E-state index contributed by atoms with van der Waals surface area (Å²) in [4.78, 5) is 12.1. The monoisotopic (exact) mass is 325 g/mol. The number of nitrogens with one attached hydrogen (secondary N) is 3. The van der Waals surface area contributed by atoms with Crippen molar-refractivity contribution in [2.75, 3.05) is 19.4 Å². The summed E-state index contributed by atoms with van der Waals surface area (Å²) in [7, 11) is -0.700. The fraction of sp³-hybridized carbons (Fsp3) is 0.533. The van der Waals surface area contributed by atoms with Crippen LogP contribution in [0.15, 0.2) is 23.1 Å². The fourth-order valence-electron chi connectivity index (χ4n) is 2.56. The lowest BCUT2D eigenvalue weighted by Crippen LogP contribution is -2.32. The summed E-state index contributed by atoms with van der Waals surface area (Å²) in [5.41, 5.74) is 0.999. The number of rotatable bonds is 6. The molecule has 1 aliphatic rings. The molecule has 0 aliphatic heterocycles. The summed E-state index contributed by atoms with van der Waals surface area (Å²) in [5, 5.41) is 5.90. The van der Waals surface area contributed by atoms with Gasteiger partial charge in [-0.05, 0) is 50.9 Å². The maximum Gasteiger partial charge on any atom is 0.253 e. The van der Waals surface area contributed by atoms with Gasteiger partial charge in [0, 0.05) is 18.8 Å². The van der Waals surface area contributed by atoms with Crippen molar-refractivity contribution < 1.29 is 13.2 Å². The van der Waals surface area contributed by atoms with Gasteiger partial charge in [-0.25, -0.2) is 13.1 Å². The Balaban J connectivity index is 2.34. The van der Waals surface area contributed by atoms with Crippen molar-refractivity contribution in [2.24, 2.45) is 5.92 Å². The molecule has 22 heavy (non-hydrogen) atoms. The number of hydrogen-bond acceptors (Lipinski definition) is 4. The third-order valence-electron chi connectivity index (χ3n) is 4.28. The quantitative estimate of drug-likeness (QED) is 0.740. The molecule has 1 atom stereocenters. The molecule has 1 aromatic rings. The molecule has 1 fully saturated rings. The molecule has 7 heteroatoms. The van der Waals surface area contributed by atoms with Gasteiger partial charge in [-0.1, -0.05) is 6.42 Å². The van der Waals surface area contributed by atoms with Crippen molar-refractivity contribution in [2.45, 2.75) is 37.1 Å². The smallest absolute Gasteiger partial charge is 0.253 e. The predicted octanol–water partition coefficient (Wildman–Crippen LogP) is 1.55. The molecule has 6 nitrogen and oxygen atoms in total. The Morgan fingerprint density at radius 3 is 2.45 bits per heavy atom. The second-order valence-corrected chi connectivity index (χ2v) is 7.50. The molecule has 0 aromatic heterocycles. The van der Waals surface area contributed by atoms with Crippen LogP contribution in [0.4, 0.5) is 5.69 Å². The number of carbonyl (C=O) groups is 1. The van der Waals surface area contributed by atoms with Gasteiger partial charge in [0.25, 0.3) is 5.91 Å². The first-order valence-corrected chi connectivity index (χ1v) is 8.93. The third kappa shape index (κ3) is 3.41. The molecule has 2 rings (SSSR count). The Morgan fingerprint density at radius 1 is 1.27 bits per heavy atom. The van der Waals surface area contributed by atoms with Crippen molar-refractivity contribution in [3.8, 4) is 0 Å². The first-order valence-electron chi connectivity index (χ1n) is 7.45. The molecule has 0 unspecified atom stereocenters. The minimum Gasteiger partial charge on any atom is -0.382 e. The first-order chi connectivity index (χ1) is 10.4. The van der Waals surface area contributed by atoms with E-state index in [1.54, 1.807) is 6.07 Å². The summed E-state index contributed by atoms with van der Waals surface area (Å²) in [5.74, 6) is 0.301. The van der Waals surface area contributed by atoms with Crippen LogP contribution in [0.25, 0.3) is 0 Å². The van der Waals surface area contributed by atoms with E-state index >= 15 is 0 Å². The van der Waals surface area contributed by atoms with Gasteiger partial charge < -0.3 is 10.6 Å². The molecule has 122 valence electrons. The number of sulfonamides is 1. The Labute approximate surface area is 131 Å². The molecule has 3 N–H and O–H groups in total. The van der Waals surface area contributed by atoms with Crippen molar-refractivity contribution >= 4 is 21.6 Å². The zero-order chi connectivity index (χ0) is 16.3. The fourth-order valence-corrected chi connectivity index (χ4v) is 3.32. The van der Waals surface area contributed by atoms with Gasteiger partial charge in [0.1, 0.15) is 0 Å². The molecule has 0 heterocycles. The lowest BCUT2D eigenvalue weighted by Gasteiger charge is -2.33. The van der Waals surface area contributed by atoms with E-state index < -0.39 is 10.0 Å². The molecule has 0 radical (unpaired) electrons. The topological polar surface area (TPSA) is 87.3 Å². The van der Waals surface area contributed by atoms with Crippen LogP contribution in [0.2, 0.25) is 0 Å². The van der Waals surface area contributed by atoms with Crippen LogP contribution in [0.3, 0.4) is 0 Å². The van der Waals surface area contributed by atoms with Gasteiger partial charge >= 0.3 is 0 Å². The molecule has 1 aromatic carbocycles. The van der Waals surface area contributed by atoms with E-state index in [-0.39, 0.29) is 16.8 Å². The van der Waals surface area contributed by atoms with Crippen LogP contribution < -0.4 is 15.4 Å². The zero-order valence-electron chi connectivity index (χ0n) is 13.1.